The van der Waals surface area contributed by atoms with E-state index >= 15 is 0 Å². The molecule has 0 spiro atoms. The number of imide groups is 1. The predicted octanol–water partition coefficient (Wildman–Crippen LogP) is 5.14. The lowest BCUT2D eigenvalue weighted by molar-refractivity contribution is -0.151. The van der Waals surface area contributed by atoms with Crippen LogP contribution in [0.4, 0.5) is 11.4 Å². The van der Waals surface area contributed by atoms with Gasteiger partial charge in [-0.25, -0.2) is 9.69 Å². The smallest absolute Gasteiger partial charge is 0.330 e. The minimum atomic E-state index is -1.02. The van der Waals surface area contributed by atoms with Gasteiger partial charge in [-0.05, 0) is 34.9 Å². The van der Waals surface area contributed by atoms with Gasteiger partial charge in [0, 0.05) is 11.8 Å². The second kappa shape index (κ2) is 9.87. The number of rotatable bonds is 5. The third-order valence-electron chi connectivity index (χ3n) is 8.71. The molecule has 8 rings (SSSR count). The second-order valence-corrected chi connectivity index (χ2v) is 11.0. The first kappa shape index (κ1) is 25.3. The number of fused-ring (bicyclic) bond motifs is 6. The molecule has 4 aromatic rings. The fourth-order valence-electron chi connectivity index (χ4n) is 6.83. The highest BCUT2D eigenvalue weighted by atomic mass is 16.7. The van der Waals surface area contributed by atoms with Crippen LogP contribution in [-0.4, -0.2) is 36.7 Å². The molecule has 4 atom stereocenters. The van der Waals surface area contributed by atoms with Crippen molar-refractivity contribution in [3.8, 4) is 11.5 Å². The van der Waals surface area contributed by atoms with Gasteiger partial charge in [-0.15, -0.1) is 0 Å². The molecule has 2 fully saturated rings. The van der Waals surface area contributed by atoms with Crippen LogP contribution in [0.2, 0.25) is 0 Å². The summed E-state index contributed by atoms with van der Waals surface area (Å²) in [7, 11) is 0. The number of benzene rings is 4. The Morgan fingerprint density at radius 1 is 0.767 bits per heavy atom. The van der Waals surface area contributed by atoms with Gasteiger partial charge in [0.05, 0.1) is 23.6 Å². The molecule has 2 amide bonds. The van der Waals surface area contributed by atoms with Gasteiger partial charge in [-0.2, -0.15) is 0 Å². The zero-order valence-corrected chi connectivity index (χ0v) is 22.9. The number of hydrogen-bond acceptors (Lipinski definition) is 7. The molecule has 0 saturated carbocycles. The normalized spacial score (nSPS) is 22.9. The highest BCUT2D eigenvalue weighted by Gasteiger charge is 2.65. The van der Waals surface area contributed by atoms with Gasteiger partial charge >= 0.3 is 5.97 Å². The molecular weight excluding hydrogens is 544 g/mol. The van der Waals surface area contributed by atoms with Crippen LogP contribution >= 0.6 is 0 Å². The Kier molecular flexibility index (Phi) is 5.82. The Morgan fingerprint density at radius 3 is 2.16 bits per heavy atom. The third kappa shape index (κ3) is 3.94. The molecule has 4 aliphatic rings. The molecule has 8 heteroatoms. The number of hydrogen-bond donors (Lipinski definition) is 0. The summed E-state index contributed by atoms with van der Waals surface area (Å²) in [6.07, 6.45) is 3.19. The molecule has 2 saturated heterocycles. The summed E-state index contributed by atoms with van der Waals surface area (Å²) in [5.41, 5.74) is 3.70. The topological polar surface area (TPSA) is 85.4 Å². The average Bonchev–Trinajstić information content (AvgIpc) is 3.73. The van der Waals surface area contributed by atoms with Crippen molar-refractivity contribution in [1.82, 2.24) is 0 Å². The minimum Gasteiger partial charge on any atom is -0.454 e. The highest BCUT2D eigenvalue weighted by molar-refractivity contribution is 6.24. The Hall–Kier alpha value is -5.37. The van der Waals surface area contributed by atoms with Gasteiger partial charge in [0.2, 0.25) is 18.6 Å². The van der Waals surface area contributed by atoms with Crippen LogP contribution in [0.5, 0.6) is 11.5 Å². The molecule has 0 bridgehead atoms. The number of esters is 1. The maximum absolute atomic E-state index is 14.5. The number of ether oxygens (including phenoxy) is 3. The lowest BCUT2D eigenvalue weighted by Crippen LogP contribution is -2.49. The number of carbonyl (C=O) groups excluding carboxylic acids is 3. The van der Waals surface area contributed by atoms with Gasteiger partial charge in [-0.3, -0.25) is 9.59 Å². The van der Waals surface area contributed by atoms with Gasteiger partial charge in [-0.1, -0.05) is 91.0 Å². The quantitative estimate of drug-likeness (QED) is 0.243. The summed E-state index contributed by atoms with van der Waals surface area (Å²) in [5, 5.41) is 0. The van der Waals surface area contributed by atoms with Gasteiger partial charge < -0.3 is 19.1 Å². The van der Waals surface area contributed by atoms with E-state index in [0.29, 0.717) is 17.2 Å². The van der Waals surface area contributed by atoms with E-state index in [4.69, 9.17) is 14.2 Å². The van der Waals surface area contributed by atoms with Crippen molar-refractivity contribution in [2.24, 2.45) is 11.8 Å². The monoisotopic (exact) mass is 570 g/mol. The molecule has 0 aliphatic carbocycles. The number of carbonyl (C=O) groups is 3. The van der Waals surface area contributed by atoms with E-state index in [2.05, 4.69) is 0 Å². The van der Waals surface area contributed by atoms with Crippen LogP contribution in [0.1, 0.15) is 22.8 Å². The Bertz CT molecular complexity index is 1750. The van der Waals surface area contributed by atoms with Crippen LogP contribution < -0.4 is 19.3 Å². The molecule has 212 valence electrons. The molecular formula is C35H26N2O6. The van der Waals surface area contributed by atoms with Crippen LogP contribution in [0.15, 0.2) is 109 Å². The number of nitrogens with zero attached hydrogens (tertiary/aromatic N) is 2. The largest absolute Gasteiger partial charge is 0.454 e. The maximum atomic E-state index is 14.5. The first-order chi connectivity index (χ1) is 21.1. The lowest BCUT2D eigenvalue weighted by atomic mass is 9.88. The highest BCUT2D eigenvalue weighted by Crippen LogP contribution is 2.50. The number of para-hydroxylation sites is 1. The fourth-order valence-corrected chi connectivity index (χ4v) is 6.83. The first-order valence-electron chi connectivity index (χ1n) is 14.2. The first-order valence-corrected chi connectivity index (χ1v) is 14.2. The molecule has 0 radical (unpaired) electrons. The van der Waals surface area contributed by atoms with Gasteiger partial charge in [0.25, 0.3) is 0 Å². The molecule has 0 unspecified atom stereocenters. The lowest BCUT2D eigenvalue weighted by Gasteiger charge is -2.36. The second-order valence-electron chi connectivity index (χ2n) is 11.0. The summed E-state index contributed by atoms with van der Waals surface area (Å²) in [4.78, 5) is 45.9. The molecule has 0 aromatic heterocycles. The SMILES string of the molecule is O=C(OC(c1ccccc1)c1ccccc1)[C@H]1[C@H]2C(=O)N(c3ccc4c(c3)OCO4)C(=O)[C@H]2[C@@H]2C=Cc3ccccc3N21. The van der Waals surface area contributed by atoms with Crippen molar-refractivity contribution in [3.05, 3.63) is 126 Å². The van der Waals surface area contributed by atoms with Crippen molar-refractivity contribution in [1.29, 1.82) is 0 Å². The van der Waals surface area contributed by atoms with Gasteiger partial charge in [0.1, 0.15) is 6.04 Å². The fraction of sp³-hybridized carbons (Fsp3) is 0.171. The summed E-state index contributed by atoms with van der Waals surface area (Å²) in [5.74, 6) is -2.06. The maximum Gasteiger partial charge on any atom is 0.330 e. The Morgan fingerprint density at radius 2 is 1.42 bits per heavy atom. The zero-order valence-electron chi connectivity index (χ0n) is 22.9. The van der Waals surface area contributed by atoms with Crippen LogP contribution in [0.25, 0.3) is 6.08 Å². The molecule has 0 N–H and O–H groups in total. The van der Waals surface area contributed by atoms with Crippen LogP contribution in [0.3, 0.4) is 0 Å². The van der Waals surface area contributed by atoms with E-state index in [1.165, 1.54) is 4.90 Å². The predicted molar refractivity (Wildman–Crippen MR) is 158 cm³/mol. The molecule has 4 heterocycles. The third-order valence-corrected chi connectivity index (χ3v) is 8.71. The van der Waals surface area contributed by atoms with E-state index in [-0.39, 0.29) is 12.7 Å². The van der Waals surface area contributed by atoms with Gasteiger partial charge in [0.15, 0.2) is 17.6 Å². The minimum absolute atomic E-state index is 0.0745. The van der Waals surface area contributed by atoms with Crippen molar-refractivity contribution in [3.63, 3.8) is 0 Å². The van der Waals surface area contributed by atoms with Crippen LogP contribution in [0, 0.1) is 11.8 Å². The number of anilines is 2. The summed E-state index contributed by atoms with van der Waals surface area (Å²) >= 11 is 0. The van der Waals surface area contributed by atoms with E-state index < -0.39 is 41.9 Å². The number of amides is 2. The molecule has 43 heavy (non-hydrogen) atoms. The van der Waals surface area contributed by atoms with E-state index in [1.54, 1.807) is 18.2 Å². The zero-order chi connectivity index (χ0) is 29.1. The average molecular weight is 571 g/mol. The van der Waals surface area contributed by atoms with Crippen molar-refractivity contribution < 1.29 is 28.6 Å². The molecule has 4 aromatic carbocycles. The van der Waals surface area contributed by atoms with Crippen LogP contribution in [-0.2, 0) is 19.1 Å². The Labute approximate surface area is 247 Å². The van der Waals surface area contributed by atoms with Crippen molar-refractivity contribution >= 4 is 35.2 Å². The Balaban J connectivity index is 1.21. The molecule has 4 aliphatic heterocycles. The summed E-state index contributed by atoms with van der Waals surface area (Å²) in [6.45, 7) is 0.0745. The van der Waals surface area contributed by atoms with E-state index in [0.717, 1.165) is 22.4 Å². The summed E-state index contributed by atoms with van der Waals surface area (Å²) in [6, 6.07) is 30.2. The van der Waals surface area contributed by atoms with Crippen molar-refractivity contribution in [2.45, 2.75) is 18.2 Å². The molecule has 8 nitrogen and oxygen atoms in total. The standard InChI is InChI=1S/C35H26N2O6/c38-33-29-26-17-15-21-9-7-8-14-25(21)37(26)31(30(29)34(39)36(33)24-16-18-27-28(19-24)42-20-41-27)35(40)43-32(22-10-3-1-4-11-22)23-12-5-2-6-13-23/h1-19,26,29-32H,20H2/t26-,29-,30-,31+/m0/s1. The van der Waals surface area contributed by atoms with E-state index in [9.17, 15) is 14.4 Å². The summed E-state index contributed by atoms with van der Waals surface area (Å²) < 4.78 is 17.3. The van der Waals surface area contributed by atoms with Crippen molar-refractivity contribution in [2.75, 3.05) is 16.6 Å². The van der Waals surface area contributed by atoms with E-state index in [1.807, 2.05) is 102 Å².